The van der Waals surface area contributed by atoms with Gasteiger partial charge in [0.25, 0.3) is 5.56 Å². The maximum Gasteiger partial charge on any atom is 0.268 e. The van der Waals surface area contributed by atoms with Crippen LogP contribution in [-0.4, -0.2) is 28.5 Å². The molecule has 0 aliphatic carbocycles. The molecule has 0 fully saturated rings. The number of pyridine rings is 2. The minimum absolute atomic E-state index is 0.133. The van der Waals surface area contributed by atoms with E-state index in [2.05, 4.69) is 4.98 Å². The molecule has 0 aromatic carbocycles. The Morgan fingerprint density at radius 1 is 1.36 bits per heavy atom. The van der Waals surface area contributed by atoms with Gasteiger partial charge in [-0.2, -0.15) is 5.26 Å². The van der Waals surface area contributed by atoms with E-state index in [1.807, 2.05) is 56.4 Å². The lowest BCUT2D eigenvalue weighted by Crippen LogP contribution is -2.22. The van der Waals surface area contributed by atoms with Crippen LogP contribution in [0.2, 0.25) is 0 Å². The monoisotopic (exact) mass is 294 g/mol. The Morgan fingerprint density at radius 2 is 2.09 bits per heavy atom. The van der Waals surface area contributed by atoms with Gasteiger partial charge in [0.05, 0.1) is 5.69 Å². The molecule has 0 bridgehead atoms. The molecule has 22 heavy (non-hydrogen) atoms. The molecule has 0 aliphatic heterocycles. The Kier molecular flexibility index (Phi) is 4.42. The lowest BCUT2D eigenvalue weighted by molar-refractivity contribution is 0.567. The van der Waals surface area contributed by atoms with E-state index in [0.717, 1.165) is 22.5 Å². The van der Waals surface area contributed by atoms with Crippen molar-refractivity contribution >= 4 is 6.08 Å². The van der Waals surface area contributed by atoms with E-state index in [9.17, 15) is 10.1 Å². The van der Waals surface area contributed by atoms with Crippen LogP contribution in [-0.2, 0) is 7.05 Å². The Balaban J connectivity index is 2.78. The lowest BCUT2D eigenvalue weighted by Gasteiger charge is -2.13. The molecular formula is C17H18N4O. The van der Waals surface area contributed by atoms with E-state index < -0.39 is 0 Å². The van der Waals surface area contributed by atoms with Crippen LogP contribution in [0.5, 0.6) is 0 Å². The number of rotatable bonds is 3. The summed E-state index contributed by atoms with van der Waals surface area (Å²) in [7, 11) is 5.50. The van der Waals surface area contributed by atoms with Gasteiger partial charge in [-0.3, -0.25) is 9.78 Å². The van der Waals surface area contributed by atoms with Gasteiger partial charge in [0.2, 0.25) is 0 Å². The first-order valence-corrected chi connectivity index (χ1v) is 6.86. The summed E-state index contributed by atoms with van der Waals surface area (Å²) in [6, 6.07) is 7.43. The van der Waals surface area contributed by atoms with E-state index >= 15 is 0 Å². The van der Waals surface area contributed by atoms with Crippen LogP contribution in [0.15, 0.2) is 35.4 Å². The van der Waals surface area contributed by atoms with Crippen molar-refractivity contribution in [1.82, 2.24) is 14.5 Å². The Bertz CT molecular complexity index is 826. The average Bonchev–Trinajstić information content (AvgIpc) is 2.48. The third-order valence-electron chi connectivity index (χ3n) is 3.32. The van der Waals surface area contributed by atoms with Crippen molar-refractivity contribution in [2.24, 2.45) is 7.05 Å². The first-order chi connectivity index (χ1) is 10.4. The first-order valence-electron chi connectivity index (χ1n) is 6.86. The van der Waals surface area contributed by atoms with Gasteiger partial charge < -0.3 is 9.47 Å². The molecule has 0 atom stereocenters. The van der Waals surface area contributed by atoms with Crippen molar-refractivity contribution in [2.75, 3.05) is 14.1 Å². The summed E-state index contributed by atoms with van der Waals surface area (Å²) in [5.41, 5.74) is 3.24. The first kappa shape index (κ1) is 15.5. The van der Waals surface area contributed by atoms with Crippen LogP contribution < -0.4 is 5.56 Å². The second-order valence-corrected chi connectivity index (χ2v) is 5.30. The predicted octanol–water partition coefficient (Wildman–Crippen LogP) is 2.16. The molecule has 2 heterocycles. The standard InChI is InChI=1S/C17H18N4O/c1-12-9-13(5-7-19-12)15-10-14(11-18)17(22)21(4)16(15)6-8-20(2)3/h5-10H,1-4H3/b8-6+. The number of hydrogen-bond donors (Lipinski definition) is 0. The van der Waals surface area contributed by atoms with E-state index in [0.29, 0.717) is 0 Å². The quantitative estimate of drug-likeness (QED) is 0.870. The normalized spacial score (nSPS) is 10.7. The van der Waals surface area contributed by atoms with Gasteiger partial charge in [0.15, 0.2) is 0 Å². The molecule has 2 aromatic rings. The minimum Gasteiger partial charge on any atom is -0.383 e. The highest BCUT2D eigenvalue weighted by atomic mass is 16.1. The third kappa shape index (κ3) is 3.07. The molecule has 5 nitrogen and oxygen atoms in total. The molecule has 5 heteroatoms. The van der Waals surface area contributed by atoms with Gasteiger partial charge >= 0.3 is 0 Å². The van der Waals surface area contributed by atoms with Crippen molar-refractivity contribution in [3.8, 4) is 17.2 Å². The van der Waals surface area contributed by atoms with E-state index in [1.165, 1.54) is 4.57 Å². The zero-order valence-electron chi connectivity index (χ0n) is 13.2. The molecule has 0 saturated heterocycles. The topological polar surface area (TPSA) is 61.9 Å². The Morgan fingerprint density at radius 3 is 2.68 bits per heavy atom. The van der Waals surface area contributed by atoms with Crippen molar-refractivity contribution in [3.63, 3.8) is 0 Å². The number of hydrogen-bond acceptors (Lipinski definition) is 4. The predicted molar refractivity (Wildman–Crippen MR) is 87.1 cm³/mol. The van der Waals surface area contributed by atoms with Gasteiger partial charge in [0.1, 0.15) is 11.6 Å². The summed E-state index contributed by atoms with van der Waals surface area (Å²) >= 11 is 0. The van der Waals surface area contributed by atoms with E-state index in [1.54, 1.807) is 19.3 Å². The summed E-state index contributed by atoms with van der Waals surface area (Å²) < 4.78 is 1.50. The highest BCUT2D eigenvalue weighted by molar-refractivity contribution is 5.74. The third-order valence-corrected chi connectivity index (χ3v) is 3.32. The molecule has 0 unspecified atom stereocenters. The number of aromatic nitrogens is 2. The summed E-state index contributed by atoms with van der Waals surface area (Å²) in [5.74, 6) is 0. The van der Waals surface area contributed by atoms with Gasteiger partial charge in [-0.15, -0.1) is 0 Å². The van der Waals surface area contributed by atoms with Crippen molar-refractivity contribution in [2.45, 2.75) is 6.92 Å². The summed E-state index contributed by atoms with van der Waals surface area (Å²) in [4.78, 5) is 18.3. The fourth-order valence-electron chi connectivity index (χ4n) is 2.20. The van der Waals surface area contributed by atoms with Crippen molar-refractivity contribution in [1.29, 1.82) is 5.26 Å². The molecule has 2 aromatic heterocycles. The van der Waals surface area contributed by atoms with Crippen LogP contribution in [0.4, 0.5) is 0 Å². The Labute approximate surface area is 129 Å². The number of aryl methyl sites for hydroxylation is 1. The fraction of sp³-hybridized carbons (Fsp3) is 0.235. The van der Waals surface area contributed by atoms with Gasteiger partial charge in [0, 0.05) is 44.8 Å². The highest BCUT2D eigenvalue weighted by Gasteiger charge is 2.12. The Hall–Kier alpha value is -2.87. The SMILES string of the molecule is Cc1cc(-c2cc(C#N)c(=O)n(C)c2/C=C/N(C)C)ccn1. The average molecular weight is 294 g/mol. The smallest absolute Gasteiger partial charge is 0.268 e. The van der Waals surface area contributed by atoms with Crippen LogP contribution >= 0.6 is 0 Å². The highest BCUT2D eigenvalue weighted by Crippen LogP contribution is 2.24. The second kappa shape index (κ2) is 6.27. The van der Waals surface area contributed by atoms with Gasteiger partial charge in [-0.1, -0.05) is 0 Å². The van der Waals surface area contributed by atoms with Gasteiger partial charge in [-0.25, -0.2) is 0 Å². The van der Waals surface area contributed by atoms with Crippen molar-refractivity contribution in [3.05, 3.63) is 57.9 Å². The maximum absolute atomic E-state index is 12.2. The molecule has 0 spiro atoms. The fourth-order valence-corrected chi connectivity index (χ4v) is 2.20. The van der Waals surface area contributed by atoms with E-state index in [4.69, 9.17) is 0 Å². The van der Waals surface area contributed by atoms with Crippen LogP contribution in [0.3, 0.4) is 0 Å². The lowest BCUT2D eigenvalue weighted by atomic mass is 10.0. The molecule has 112 valence electrons. The molecule has 2 rings (SSSR count). The van der Waals surface area contributed by atoms with E-state index in [-0.39, 0.29) is 11.1 Å². The number of nitriles is 1. The second-order valence-electron chi connectivity index (χ2n) is 5.30. The molecule has 0 radical (unpaired) electrons. The minimum atomic E-state index is -0.296. The summed E-state index contributed by atoms with van der Waals surface area (Å²) in [6.07, 6.45) is 5.47. The zero-order valence-corrected chi connectivity index (χ0v) is 13.2. The number of nitrogens with zero attached hydrogens (tertiary/aromatic N) is 4. The largest absolute Gasteiger partial charge is 0.383 e. The molecule has 0 saturated carbocycles. The molecular weight excluding hydrogens is 276 g/mol. The molecule has 0 N–H and O–H groups in total. The maximum atomic E-state index is 12.2. The molecule has 0 amide bonds. The van der Waals surface area contributed by atoms with Crippen LogP contribution in [0.25, 0.3) is 17.2 Å². The molecule has 0 aliphatic rings. The van der Waals surface area contributed by atoms with Crippen molar-refractivity contribution < 1.29 is 0 Å². The summed E-state index contributed by atoms with van der Waals surface area (Å²) in [6.45, 7) is 1.91. The summed E-state index contributed by atoms with van der Waals surface area (Å²) in [5, 5.41) is 9.18. The van der Waals surface area contributed by atoms with Gasteiger partial charge in [-0.05, 0) is 36.8 Å². The zero-order chi connectivity index (χ0) is 16.3. The van der Waals surface area contributed by atoms with Crippen LogP contribution in [0, 0.1) is 18.3 Å². The van der Waals surface area contributed by atoms with Crippen LogP contribution in [0.1, 0.15) is 17.0 Å².